The Bertz CT molecular complexity index is 666. The molecule has 0 atom stereocenters. The molecule has 8 heteroatoms. The highest BCUT2D eigenvalue weighted by molar-refractivity contribution is 7.89. The van der Waals surface area contributed by atoms with Crippen LogP contribution < -0.4 is 10.0 Å². The van der Waals surface area contributed by atoms with Crippen LogP contribution in [0.2, 0.25) is 0 Å². The van der Waals surface area contributed by atoms with Crippen molar-refractivity contribution in [3.63, 3.8) is 0 Å². The van der Waals surface area contributed by atoms with E-state index in [1.54, 1.807) is 31.2 Å². The summed E-state index contributed by atoms with van der Waals surface area (Å²) in [6.07, 6.45) is 0. The fraction of sp³-hybridized carbons (Fsp3) is 0.467. The van der Waals surface area contributed by atoms with Gasteiger partial charge < -0.3 is 10.4 Å². The quantitative estimate of drug-likeness (QED) is 0.651. The lowest BCUT2D eigenvalue weighted by Gasteiger charge is -2.19. The monoisotopic (exact) mass is 342 g/mol. The predicted molar refractivity (Wildman–Crippen MR) is 86.5 cm³/mol. The van der Waals surface area contributed by atoms with Crippen LogP contribution in [0.5, 0.6) is 0 Å². The molecule has 0 aliphatic carbocycles. The predicted octanol–water partition coefficient (Wildman–Crippen LogP) is 0.967. The summed E-state index contributed by atoms with van der Waals surface area (Å²) in [6.45, 7) is 4.77. The average molecular weight is 342 g/mol. The highest BCUT2D eigenvalue weighted by Gasteiger charge is 2.27. The third kappa shape index (κ3) is 5.99. The largest absolute Gasteiger partial charge is 0.481 e. The topological polar surface area (TPSA) is 113 Å². The first-order chi connectivity index (χ1) is 10.6. The van der Waals surface area contributed by atoms with E-state index in [4.69, 9.17) is 5.11 Å². The van der Waals surface area contributed by atoms with E-state index in [-0.39, 0.29) is 24.7 Å². The van der Waals surface area contributed by atoms with E-state index < -0.39 is 21.4 Å². The second-order valence-corrected chi connectivity index (χ2v) is 7.89. The number of carboxylic acids is 1. The van der Waals surface area contributed by atoms with Crippen molar-refractivity contribution in [1.82, 2.24) is 10.0 Å². The van der Waals surface area contributed by atoms with Gasteiger partial charge in [0.1, 0.15) is 0 Å². The summed E-state index contributed by atoms with van der Waals surface area (Å²) in [5, 5.41) is 11.6. The number of carbonyl (C=O) groups excluding carboxylic acids is 1. The Morgan fingerprint density at radius 3 is 2.22 bits per heavy atom. The minimum absolute atomic E-state index is 0.00680. The Kier molecular flexibility index (Phi) is 6.28. The normalized spacial score (nSPS) is 12.0. The van der Waals surface area contributed by atoms with Crippen LogP contribution >= 0.6 is 0 Å². The first-order valence-corrected chi connectivity index (χ1v) is 8.80. The van der Waals surface area contributed by atoms with Gasteiger partial charge in [0.2, 0.25) is 10.0 Å². The van der Waals surface area contributed by atoms with Gasteiger partial charge in [0.05, 0.1) is 11.2 Å². The van der Waals surface area contributed by atoms with E-state index in [2.05, 4.69) is 10.0 Å². The molecule has 3 N–H and O–H groups in total. The molecule has 1 rings (SSSR count). The van der Waals surface area contributed by atoms with Gasteiger partial charge >= 0.3 is 5.97 Å². The maximum absolute atomic E-state index is 12.0. The van der Waals surface area contributed by atoms with Crippen LogP contribution in [-0.2, 0) is 21.4 Å². The molecule has 0 spiro atoms. The summed E-state index contributed by atoms with van der Waals surface area (Å²) < 4.78 is 25.2. The van der Waals surface area contributed by atoms with E-state index in [0.717, 1.165) is 5.56 Å². The summed E-state index contributed by atoms with van der Waals surface area (Å²) in [4.78, 5) is 23.0. The Labute approximate surface area is 136 Å². The number of benzene rings is 1. The van der Waals surface area contributed by atoms with Crippen molar-refractivity contribution >= 4 is 21.9 Å². The van der Waals surface area contributed by atoms with Crippen LogP contribution in [0.25, 0.3) is 0 Å². The van der Waals surface area contributed by atoms with Crippen molar-refractivity contribution in [3.8, 4) is 0 Å². The molecule has 1 amide bonds. The van der Waals surface area contributed by atoms with E-state index in [1.807, 2.05) is 0 Å². The number of carbonyl (C=O) groups is 2. The van der Waals surface area contributed by atoms with E-state index in [0.29, 0.717) is 5.56 Å². The molecule has 0 aliphatic rings. The maximum atomic E-state index is 12.0. The summed E-state index contributed by atoms with van der Waals surface area (Å²) in [6, 6.07) is 6.43. The summed E-state index contributed by atoms with van der Waals surface area (Å²) in [7, 11) is -3.26. The molecule has 0 radical (unpaired) electrons. The summed E-state index contributed by atoms with van der Waals surface area (Å²) >= 11 is 0. The van der Waals surface area contributed by atoms with Crippen molar-refractivity contribution in [2.24, 2.45) is 5.41 Å². The second-order valence-electron chi connectivity index (χ2n) is 5.79. The van der Waals surface area contributed by atoms with Gasteiger partial charge in [0.15, 0.2) is 0 Å². The standard InChI is InChI=1S/C15H22N2O5S/c1-4-23(21,22)17-9-11-5-7-12(8-6-11)13(18)16-10-15(2,3)14(19)20/h5-8,17H,4,9-10H2,1-3H3,(H,16,18)(H,19,20). The maximum Gasteiger partial charge on any atom is 0.310 e. The second kappa shape index (κ2) is 7.56. The molecule has 0 heterocycles. The van der Waals surface area contributed by atoms with Crippen LogP contribution in [0.4, 0.5) is 0 Å². The molecule has 1 aromatic rings. The molecular weight excluding hydrogens is 320 g/mol. The number of hydrogen-bond donors (Lipinski definition) is 3. The summed E-state index contributed by atoms with van der Waals surface area (Å²) in [5.74, 6) is -1.36. The van der Waals surface area contributed by atoms with E-state index in [1.165, 1.54) is 13.8 Å². The van der Waals surface area contributed by atoms with Crippen molar-refractivity contribution in [2.75, 3.05) is 12.3 Å². The highest BCUT2D eigenvalue weighted by atomic mass is 32.2. The third-order valence-corrected chi connectivity index (χ3v) is 4.71. The van der Waals surface area contributed by atoms with Crippen LogP contribution in [0.15, 0.2) is 24.3 Å². The number of sulfonamides is 1. The molecule has 0 unspecified atom stereocenters. The lowest BCUT2D eigenvalue weighted by atomic mass is 9.94. The molecule has 128 valence electrons. The minimum atomic E-state index is -3.26. The van der Waals surface area contributed by atoms with Gasteiger partial charge in [-0.3, -0.25) is 9.59 Å². The Balaban J connectivity index is 2.63. The highest BCUT2D eigenvalue weighted by Crippen LogP contribution is 2.13. The molecule has 0 saturated carbocycles. The molecule has 0 bridgehead atoms. The first-order valence-electron chi connectivity index (χ1n) is 7.15. The lowest BCUT2D eigenvalue weighted by Crippen LogP contribution is -2.38. The molecule has 0 saturated heterocycles. The van der Waals surface area contributed by atoms with Crippen molar-refractivity contribution in [2.45, 2.75) is 27.3 Å². The van der Waals surface area contributed by atoms with E-state index in [9.17, 15) is 18.0 Å². The Hall–Kier alpha value is -1.93. The van der Waals surface area contributed by atoms with Crippen LogP contribution in [0.1, 0.15) is 36.7 Å². The third-order valence-electron chi connectivity index (χ3n) is 3.36. The SMILES string of the molecule is CCS(=O)(=O)NCc1ccc(C(=O)NCC(C)(C)C(=O)O)cc1. The molecule has 7 nitrogen and oxygen atoms in total. The van der Waals surface area contributed by atoms with Crippen molar-refractivity contribution in [1.29, 1.82) is 0 Å². The van der Waals surface area contributed by atoms with Crippen LogP contribution in [-0.4, -0.2) is 37.7 Å². The molecule has 0 aliphatic heterocycles. The van der Waals surface area contributed by atoms with Gasteiger partial charge in [0.25, 0.3) is 5.91 Å². The first kappa shape index (κ1) is 19.1. The molecule has 0 fully saturated rings. The van der Waals surface area contributed by atoms with Gasteiger partial charge in [-0.05, 0) is 38.5 Å². The number of amides is 1. The van der Waals surface area contributed by atoms with Gasteiger partial charge in [-0.2, -0.15) is 0 Å². The number of hydrogen-bond acceptors (Lipinski definition) is 4. The summed E-state index contributed by atoms with van der Waals surface area (Å²) in [5.41, 5.74) is 0.0614. The zero-order valence-corrected chi connectivity index (χ0v) is 14.2. The average Bonchev–Trinajstić information content (AvgIpc) is 2.51. The molecular formula is C15H22N2O5S. The fourth-order valence-electron chi connectivity index (χ4n) is 1.55. The van der Waals surface area contributed by atoms with Crippen LogP contribution in [0, 0.1) is 5.41 Å². The number of nitrogens with one attached hydrogen (secondary N) is 2. The zero-order valence-electron chi connectivity index (χ0n) is 13.4. The zero-order chi connectivity index (χ0) is 17.7. The molecule has 23 heavy (non-hydrogen) atoms. The molecule has 1 aromatic carbocycles. The number of rotatable bonds is 8. The lowest BCUT2D eigenvalue weighted by molar-refractivity contribution is -0.146. The van der Waals surface area contributed by atoms with E-state index >= 15 is 0 Å². The van der Waals surface area contributed by atoms with Gasteiger partial charge in [-0.1, -0.05) is 12.1 Å². The van der Waals surface area contributed by atoms with Crippen molar-refractivity contribution in [3.05, 3.63) is 35.4 Å². The van der Waals surface area contributed by atoms with Crippen LogP contribution in [0.3, 0.4) is 0 Å². The molecule has 0 aromatic heterocycles. The van der Waals surface area contributed by atoms with Crippen molar-refractivity contribution < 1.29 is 23.1 Å². The fourth-order valence-corrected chi connectivity index (χ4v) is 2.14. The van der Waals surface area contributed by atoms with Gasteiger partial charge in [-0.25, -0.2) is 13.1 Å². The Morgan fingerprint density at radius 2 is 1.74 bits per heavy atom. The number of carboxylic acid groups (broad SMARTS) is 1. The van der Waals surface area contributed by atoms with Gasteiger partial charge in [-0.15, -0.1) is 0 Å². The van der Waals surface area contributed by atoms with Gasteiger partial charge in [0, 0.05) is 18.7 Å². The minimum Gasteiger partial charge on any atom is -0.481 e. The number of aliphatic carboxylic acids is 1. The smallest absolute Gasteiger partial charge is 0.310 e. The Morgan fingerprint density at radius 1 is 1.17 bits per heavy atom.